The van der Waals surface area contributed by atoms with Gasteiger partial charge in [0.1, 0.15) is 0 Å². The number of likely N-dealkylation sites (tertiary alicyclic amines) is 1. The fourth-order valence-corrected chi connectivity index (χ4v) is 3.55. The first-order chi connectivity index (χ1) is 11.2. The zero-order chi connectivity index (χ0) is 15.9. The van der Waals surface area contributed by atoms with E-state index >= 15 is 0 Å². The quantitative estimate of drug-likeness (QED) is 0.902. The van der Waals surface area contributed by atoms with Crippen molar-refractivity contribution in [1.82, 2.24) is 19.9 Å². The summed E-state index contributed by atoms with van der Waals surface area (Å²) in [5.74, 6) is 0.849. The van der Waals surface area contributed by atoms with Gasteiger partial charge in [-0.3, -0.25) is 5.32 Å². The summed E-state index contributed by atoms with van der Waals surface area (Å²) in [7, 11) is 0. The maximum Gasteiger partial charge on any atom is 0.323 e. The van der Waals surface area contributed by atoms with Crippen molar-refractivity contribution in [3.63, 3.8) is 0 Å². The molecule has 1 aliphatic carbocycles. The Balaban J connectivity index is 1.48. The normalized spacial score (nSPS) is 25.8. The minimum absolute atomic E-state index is 0.0296. The molecule has 1 aromatic heterocycles. The first kappa shape index (κ1) is 14.2. The van der Waals surface area contributed by atoms with E-state index in [9.17, 15) is 9.90 Å². The van der Waals surface area contributed by atoms with Crippen molar-refractivity contribution in [2.24, 2.45) is 5.92 Å². The number of aliphatic hydroxyl groups excluding tert-OH is 1. The molecule has 0 bridgehead atoms. The lowest BCUT2D eigenvalue weighted by atomic mass is 10.0. The third kappa shape index (κ3) is 2.37. The molecule has 2 fully saturated rings. The van der Waals surface area contributed by atoms with Crippen LogP contribution in [0, 0.1) is 5.92 Å². The Kier molecular flexibility index (Phi) is 3.30. The molecule has 2 aromatic rings. The highest BCUT2D eigenvalue weighted by atomic mass is 16.3. The molecule has 4 rings (SSSR count). The third-order valence-electron chi connectivity index (χ3n) is 4.90. The SMILES string of the molecule is O=C(Nc1cnn(-c2ccccc2)n1)N1CCC[C@@H]2C[C@@]21CO. The Hall–Kier alpha value is -2.41. The minimum Gasteiger partial charge on any atom is -0.394 e. The summed E-state index contributed by atoms with van der Waals surface area (Å²) in [5, 5.41) is 20.9. The molecule has 0 spiro atoms. The average Bonchev–Trinajstić information content (AvgIpc) is 3.17. The van der Waals surface area contributed by atoms with Gasteiger partial charge in [0.15, 0.2) is 5.82 Å². The van der Waals surface area contributed by atoms with Gasteiger partial charge in [0.2, 0.25) is 0 Å². The summed E-state index contributed by atoms with van der Waals surface area (Å²) in [6.07, 6.45) is 4.50. The predicted molar refractivity (Wildman–Crippen MR) is 84.2 cm³/mol. The number of carbonyl (C=O) groups is 1. The zero-order valence-corrected chi connectivity index (χ0v) is 12.7. The molecule has 0 unspecified atom stereocenters. The van der Waals surface area contributed by atoms with Gasteiger partial charge in [-0.15, -0.1) is 9.90 Å². The van der Waals surface area contributed by atoms with Crippen molar-refractivity contribution in [2.75, 3.05) is 18.5 Å². The number of aliphatic hydroxyl groups is 1. The molecule has 120 valence electrons. The van der Waals surface area contributed by atoms with Crippen LogP contribution in [0.1, 0.15) is 19.3 Å². The topological polar surface area (TPSA) is 83.3 Å². The van der Waals surface area contributed by atoms with Gasteiger partial charge in [-0.25, -0.2) is 4.79 Å². The van der Waals surface area contributed by atoms with Crippen molar-refractivity contribution in [3.05, 3.63) is 36.5 Å². The van der Waals surface area contributed by atoms with Crippen molar-refractivity contribution >= 4 is 11.8 Å². The first-order valence-electron chi connectivity index (χ1n) is 7.90. The van der Waals surface area contributed by atoms with E-state index in [1.54, 1.807) is 4.90 Å². The first-order valence-corrected chi connectivity index (χ1v) is 7.90. The second kappa shape index (κ2) is 5.34. The Bertz CT molecular complexity index is 716. The van der Waals surface area contributed by atoms with E-state index in [0.29, 0.717) is 18.3 Å². The lowest BCUT2D eigenvalue weighted by molar-refractivity contribution is 0.0995. The van der Waals surface area contributed by atoms with Crippen LogP contribution in [0.3, 0.4) is 0 Å². The number of nitrogens with zero attached hydrogens (tertiary/aromatic N) is 4. The maximum atomic E-state index is 12.5. The van der Waals surface area contributed by atoms with Crippen LogP contribution in [0.4, 0.5) is 10.6 Å². The summed E-state index contributed by atoms with van der Waals surface area (Å²) < 4.78 is 0. The summed E-state index contributed by atoms with van der Waals surface area (Å²) in [6, 6.07) is 9.32. The van der Waals surface area contributed by atoms with Gasteiger partial charge in [0, 0.05) is 6.54 Å². The van der Waals surface area contributed by atoms with E-state index < -0.39 is 0 Å². The Labute approximate surface area is 133 Å². The number of benzene rings is 1. The number of nitrogens with one attached hydrogen (secondary N) is 1. The molecule has 1 saturated heterocycles. The van der Waals surface area contributed by atoms with Crippen LogP contribution in [0.5, 0.6) is 0 Å². The van der Waals surface area contributed by atoms with Crippen LogP contribution < -0.4 is 5.32 Å². The van der Waals surface area contributed by atoms with Crippen molar-refractivity contribution in [3.8, 4) is 5.69 Å². The lowest BCUT2D eigenvalue weighted by Gasteiger charge is -2.35. The largest absolute Gasteiger partial charge is 0.394 e. The Morgan fingerprint density at radius 3 is 3.00 bits per heavy atom. The van der Waals surface area contributed by atoms with E-state index in [2.05, 4.69) is 15.5 Å². The highest BCUT2D eigenvalue weighted by molar-refractivity contribution is 5.89. The summed E-state index contributed by atoms with van der Waals surface area (Å²) in [6.45, 7) is 0.706. The molecule has 2 atom stereocenters. The third-order valence-corrected chi connectivity index (χ3v) is 4.90. The molecule has 2 aliphatic rings. The van der Waals surface area contributed by atoms with Crippen LogP contribution >= 0.6 is 0 Å². The molecule has 2 amide bonds. The average molecular weight is 313 g/mol. The number of fused-ring (bicyclic) bond motifs is 1. The molecule has 0 radical (unpaired) electrons. The van der Waals surface area contributed by atoms with Crippen LogP contribution in [-0.2, 0) is 0 Å². The van der Waals surface area contributed by atoms with E-state index in [-0.39, 0.29) is 18.2 Å². The number of rotatable bonds is 3. The molecule has 1 aromatic carbocycles. The molecule has 7 nitrogen and oxygen atoms in total. The highest BCUT2D eigenvalue weighted by Crippen LogP contribution is 2.53. The molecule has 1 saturated carbocycles. The number of aromatic nitrogens is 3. The summed E-state index contributed by atoms with van der Waals surface area (Å²) >= 11 is 0. The van der Waals surface area contributed by atoms with E-state index in [1.807, 2.05) is 30.3 Å². The number of anilines is 1. The second-order valence-corrected chi connectivity index (χ2v) is 6.24. The van der Waals surface area contributed by atoms with E-state index in [1.165, 1.54) is 11.0 Å². The van der Waals surface area contributed by atoms with E-state index in [0.717, 1.165) is 24.9 Å². The van der Waals surface area contributed by atoms with Crippen molar-refractivity contribution in [2.45, 2.75) is 24.8 Å². The van der Waals surface area contributed by atoms with Crippen LogP contribution in [0.15, 0.2) is 36.5 Å². The second-order valence-electron chi connectivity index (χ2n) is 6.24. The predicted octanol–water partition coefficient (Wildman–Crippen LogP) is 1.65. The molecule has 1 aliphatic heterocycles. The van der Waals surface area contributed by atoms with Crippen LogP contribution in [-0.4, -0.2) is 49.7 Å². The zero-order valence-electron chi connectivity index (χ0n) is 12.7. The Morgan fingerprint density at radius 2 is 2.22 bits per heavy atom. The van der Waals surface area contributed by atoms with Gasteiger partial charge in [-0.05, 0) is 37.3 Å². The van der Waals surface area contributed by atoms with Crippen LogP contribution in [0.25, 0.3) is 5.69 Å². The molecular formula is C16H19N5O2. The number of hydrogen-bond donors (Lipinski definition) is 2. The smallest absolute Gasteiger partial charge is 0.323 e. The summed E-state index contributed by atoms with van der Waals surface area (Å²) in [4.78, 5) is 15.8. The number of para-hydroxylation sites is 1. The van der Waals surface area contributed by atoms with Crippen LogP contribution in [0.2, 0.25) is 0 Å². The lowest BCUT2D eigenvalue weighted by Crippen LogP contribution is -2.50. The summed E-state index contributed by atoms with van der Waals surface area (Å²) in [5.41, 5.74) is 0.484. The molecule has 2 N–H and O–H groups in total. The maximum absolute atomic E-state index is 12.5. The number of urea groups is 1. The van der Waals surface area contributed by atoms with Gasteiger partial charge in [-0.2, -0.15) is 5.10 Å². The van der Waals surface area contributed by atoms with Gasteiger partial charge in [-0.1, -0.05) is 18.2 Å². The van der Waals surface area contributed by atoms with Gasteiger partial charge >= 0.3 is 6.03 Å². The Morgan fingerprint density at radius 1 is 1.39 bits per heavy atom. The molecule has 23 heavy (non-hydrogen) atoms. The number of carbonyl (C=O) groups excluding carboxylic acids is 1. The molecule has 2 heterocycles. The fraction of sp³-hybridized carbons (Fsp3) is 0.438. The molecule has 7 heteroatoms. The number of hydrogen-bond acceptors (Lipinski definition) is 4. The van der Waals surface area contributed by atoms with Crippen molar-refractivity contribution in [1.29, 1.82) is 0 Å². The van der Waals surface area contributed by atoms with Gasteiger partial charge in [0.25, 0.3) is 0 Å². The fourth-order valence-electron chi connectivity index (χ4n) is 3.55. The standard InChI is InChI=1S/C16H19N5O2/c22-11-16-9-12(16)5-4-8-20(16)15(23)18-14-10-17-21(19-14)13-6-2-1-3-7-13/h1-3,6-7,10,12,22H,4-5,8-9,11H2,(H,18,19,23)/t12-,16-/m1/s1. The van der Waals surface area contributed by atoms with Gasteiger partial charge in [0.05, 0.1) is 24.0 Å². The number of piperidine rings is 1. The minimum atomic E-state index is -0.349. The highest BCUT2D eigenvalue weighted by Gasteiger charge is 2.60. The van der Waals surface area contributed by atoms with E-state index in [4.69, 9.17) is 0 Å². The number of amides is 2. The monoisotopic (exact) mass is 313 g/mol. The van der Waals surface area contributed by atoms with Crippen molar-refractivity contribution < 1.29 is 9.90 Å². The van der Waals surface area contributed by atoms with Gasteiger partial charge < -0.3 is 10.0 Å². The molecular weight excluding hydrogens is 294 g/mol.